The molecular formula is C29H36N4O3. The number of allylic oxidation sites excluding steroid dienone is 2. The molecule has 7 nitrogen and oxygen atoms in total. The lowest BCUT2D eigenvalue weighted by molar-refractivity contribution is -0.136. The molecule has 1 atom stereocenters. The van der Waals surface area contributed by atoms with E-state index >= 15 is 0 Å². The van der Waals surface area contributed by atoms with Gasteiger partial charge in [-0.1, -0.05) is 30.3 Å². The van der Waals surface area contributed by atoms with Gasteiger partial charge in [0, 0.05) is 35.9 Å². The second kappa shape index (κ2) is 12.0. The Morgan fingerprint density at radius 3 is 2.33 bits per heavy atom. The van der Waals surface area contributed by atoms with Gasteiger partial charge in [0.15, 0.2) is 0 Å². The number of hydrogen-bond donors (Lipinski definition) is 2. The highest BCUT2D eigenvalue weighted by Crippen LogP contribution is 2.38. The molecule has 1 unspecified atom stereocenters. The lowest BCUT2D eigenvalue weighted by Crippen LogP contribution is -2.38. The van der Waals surface area contributed by atoms with E-state index < -0.39 is 11.9 Å². The summed E-state index contributed by atoms with van der Waals surface area (Å²) >= 11 is 0. The maximum atomic E-state index is 13.4. The molecule has 1 saturated heterocycles. The highest BCUT2D eigenvalue weighted by molar-refractivity contribution is 6.02. The van der Waals surface area contributed by atoms with E-state index in [9.17, 15) is 9.59 Å². The molecule has 4 rings (SSSR count). The van der Waals surface area contributed by atoms with Gasteiger partial charge in [-0.05, 0) is 81.9 Å². The van der Waals surface area contributed by atoms with Gasteiger partial charge in [-0.2, -0.15) is 0 Å². The van der Waals surface area contributed by atoms with E-state index in [4.69, 9.17) is 4.74 Å². The number of piperidine rings is 1. The molecule has 1 aromatic carbocycles. The number of rotatable bonds is 8. The molecule has 1 amide bonds. The predicted octanol–water partition coefficient (Wildman–Crippen LogP) is 3.88. The number of aromatic nitrogens is 1. The molecule has 0 saturated carbocycles. The van der Waals surface area contributed by atoms with E-state index in [-0.39, 0.29) is 5.91 Å². The fourth-order valence-electron chi connectivity index (χ4n) is 5.38. The van der Waals surface area contributed by atoms with Gasteiger partial charge in [-0.15, -0.1) is 0 Å². The number of carbonyl (C=O) groups is 2. The molecule has 2 aliphatic rings. The summed E-state index contributed by atoms with van der Waals surface area (Å²) in [6.45, 7) is 7.40. The van der Waals surface area contributed by atoms with Crippen LogP contribution in [0.5, 0.6) is 0 Å². The summed E-state index contributed by atoms with van der Waals surface area (Å²) in [6, 6.07) is 14.4. The number of methoxy groups -OCH3 is 1. The van der Waals surface area contributed by atoms with Crippen molar-refractivity contribution in [1.82, 2.24) is 20.5 Å². The van der Waals surface area contributed by atoms with Gasteiger partial charge in [0.05, 0.1) is 18.6 Å². The Balaban J connectivity index is 1.35. The minimum absolute atomic E-state index is 0.168. The molecule has 2 aromatic rings. The number of hydrogen-bond acceptors (Lipinski definition) is 6. The molecule has 190 valence electrons. The van der Waals surface area contributed by atoms with Crippen LogP contribution in [-0.2, 0) is 14.3 Å². The molecule has 0 aliphatic carbocycles. The summed E-state index contributed by atoms with van der Waals surface area (Å²) in [5.74, 6) is -0.489. The first-order valence-electron chi connectivity index (χ1n) is 12.7. The average Bonchev–Trinajstić information content (AvgIpc) is 2.91. The highest BCUT2D eigenvalue weighted by atomic mass is 16.5. The molecule has 0 bridgehead atoms. The Bertz CT molecular complexity index is 1120. The number of esters is 1. The van der Waals surface area contributed by atoms with Crippen molar-refractivity contribution in [2.75, 3.05) is 33.3 Å². The molecule has 3 heterocycles. The van der Waals surface area contributed by atoms with Crippen LogP contribution in [0.15, 0.2) is 77.4 Å². The van der Waals surface area contributed by atoms with E-state index in [2.05, 4.69) is 50.8 Å². The van der Waals surface area contributed by atoms with Crippen LogP contribution in [0.2, 0.25) is 0 Å². The SMILES string of the molecule is COC(=O)C1=C(C)NC(C)=C(C(=O)NCCCN2CCC(c3ccccc3)CC2)C1c1ccncc1. The summed E-state index contributed by atoms with van der Waals surface area (Å²) < 4.78 is 5.06. The van der Waals surface area contributed by atoms with Gasteiger partial charge in [-0.3, -0.25) is 9.78 Å². The second-order valence-electron chi connectivity index (χ2n) is 9.54. The molecule has 36 heavy (non-hydrogen) atoms. The van der Waals surface area contributed by atoms with Crippen LogP contribution < -0.4 is 10.6 Å². The molecule has 0 radical (unpaired) electrons. The van der Waals surface area contributed by atoms with Crippen LogP contribution in [0.4, 0.5) is 0 Å². The average molecular weight is 489 g/mol. The molecule has 0 spiro atoms. The maximum Gasteiger partial charge on any atom is 0.336 e. The summed E-state index contributed by atoms with van der Waals surface area (Å²) in [5.41, 5.74) is 4.68. The van der Waals surface area contributed by atoms with Crippen molar-refractivity contribution in [2.24, 2.45) is 0 Å². The van der Waals surface area contributed by atoms with Gasteiger partial charge in [0.2, 0.25) is 5.91 Å². The van der Waals surface area contributed by atoms with Crippen LogP contribution in [0, 0.1) is 0 Å². The van der Waals surface area contributed by atoms with Gasteiger partial charge >= 0.3 is 5.97 Å². The van der Waals surface area contributed by atoms with Gasteiger partial charge in [0.25, 0.3) is 0 Å². The fraction of sp³-hybridized carbons (Fsp3) is 0.414. The van der Waals surface area contributed by atoms with Crippen molar-refractivity contribution in [3.8, 4) is 0 Å². The third-order valence-electron chi connectivity index (χ3n) is 7.24. The monoisotopic (exact) mass is 488 g/mol. The summed E-state index contributed by atoms with van der Waals surface area (Å²) in [4.78, 5) is 32.7. The summed E-state index contributed by atoms with van der Waals surface area (Å²) in [7, 11) is 1.36. The number of nitrogens with zero attached hydrogens (tertiary/aromatic N) is 2. The van der Waals surface area contributed by atoms with E-state index in [1.54, 1.807) is 12.4 Å². The normalized spacial score (nSPS) is 19.1. The quantitative estimate of drug-likeness (QED) is 0.434. The molecular weight excluding hydrogens is 452 g/mol. The number of ether oxygens (including phenoxy) is 1. The van der Waals surface area contributed by atoms with E-state index in [1.807, 2.05) is 26.0 Å². The smallest absolute Gasteiger partial charge is 0.336 e. The zero-order chi connectivity index (χ0) is 25.5. The van der Waals surface area contributed by atoms with Crippen molar-refractivity contribution >= 4 is 11.9 Å². The van der Waals surface area contributed by atoms with Gasteiger partial charge in [-0.25, -0.2) is 4.79 Å². The Kier molecular flexibility index (Phi) is 8.54. The summed E-state index contributed by atoms with van der Waals surface area (Å²) in [5, 5.41) is 6.30. The lowest BCUT2D eigenvalue weighted by Gasteiger charge is -2.32. The largest absolute Gasteiger partial charge is 0.466 e. The standard InChI is InChI=1S/C29H36N4O3/c1-20-25(27(24-10-15-30-16-11-24)26(21(2)32-20)29(35)36-3)28(34)31-14-7-17-33-18-12-23(13-19-33)22-8-5-4-6-9-22/h4-6,8-11,15-16,23,27,32H,7,12-14,17-19H2,1-3H3,(H,31,34). The first-order valence-corrected chi connectivity index (χ1v) is 12.7. The van der Waals surface area contributed by atoms with Gasteiger partial charge < -0.3 is 20.3 Å². The minimum atomic E-state index is -0.515. The van der Waals surface area contributed by atoms with Crippen LogP contribution >= 0.6 is 0 Å². The fourth-order valence-corrected chi connectivity index (χ4v) is 5.38. The van der Waals surface area contributed by atoms with Crippen molar-refractivity contribution in [2.45, 2.75) is 44.9 Å². The van der Waals surface area contributed by atoms with E-state index in [1.165, 1.54) is 25.5 Å². The molecule has 2 N–H and O–H groups in total. The Morgan fingerprint density at radius 2 is 1.67 bits per heavy atom. The van der Waals surface area contributed by atoms with Crippen LogP contribution in [-0.4, -0.2) is 55.0 Å². The third kappa shape index (κ3) is 5.85. The molecule has 2 aliphatic heterocycles. The molecule has 1 aromatic heterocycles. The lowest BCUT2D eigenvalue weighted by atomic mass is 9.80. The number of likely N-dealkylation sites (tertiary alicyclic amines) is 1. The van der Waals surface area contributed by atoms with Crippen LogP contribution in [0.25, 0.3) is 0 Å². The van der Waals surface area contributed by atoms with Crippen molar-refractivity contribution in [1.29, 1.82) is 0 Å². The van der Waals surface area contributed by atoms with Crippen molar-refractivity contribution in [3.05, 3.63) is 88.5 Å². The zero-order valence-corrected chi connectivity index (χ0v) is 21.4. The van der Waals surface area contributed by atoms with E-state index in [0.717, 1.165) is 37.3 Å². The third-order valence-corrected chi connectivity index (χ3v) is 7.24. The predicted molar refractivity (Wildman–Crippen MR) is 140 cm³/mol. The number of pyridine rings is 1. The topological polar surface area (TPSA) is 83.6 Å². The number of carbonyl (C=O) groups excluding carboxylic acids is 2. The molecule has 1 fully saturated rings. The Hall–Kier alpha value is -3.45. The minimum Gasteiger partial charge on any atom is -0.466 e. The number of nitrogens with one attached hydrogen (secondary N) is 2. The Labute approximate surface area is 213 Å². The van der Waals surface area contributed by atoms with Crippen LogP contribution in [0.3, 0.4) is 0 Å². The number of benzene rings is 1. The van der Waals surface area contributed by atoms with Crippen molar-refractivity contribution < 1.29 is 14.3 Å². The van der Waals surface area contributed by atoms with Crippen molar-refractivity contribution in [3.63, 3.8) is 0 Å². The van der Waals surface area contributed by atoms with E-state index in [0.29, 0.717) is 29.3 Å². The zero-order valence-electron chi connectivity index (χ0n) is 21.4. The molecule has 7 heteroatoms. The number of dihydropyridines is 1. The first-order chi connectivity index (χ1) is 17.5. The second-order valence-corrected chi connectivity index (χ2v) is 9.54. The van der Waals surface area contributed by atoms with Gasteiger partial charge in [0.1, 0.15) is 0 Å². The first kappa shape index (κ1) is 25.6. The number of amides is 1. The summed E-state index contributed by atoms with van der Waals surface area (Å²) in [6.07, 6.45) is 6.56. The Morgan fingerprint density at radius 1 is 1.00 bits per heavy atom. The highest BCUT2D eigenvalue weighted by Gasteiger charge is 2.36. The maximum absolute atomic E-state index is 13.4. The van der Waals surface area contributed by atoms with Crippen LogP contribution in [0.1, 0.15) is 56.1 Å².